The molecule has 0 saturated heterocycles. The second kappa shape index (κ2) is 9.65. The highest BCUT2D eigenvalue weighted by molar-refractivity contribution is 7.91. The van der Waals surface area contributed by atoms with Crippen LogP contribution in [-0.4, -0.2) is 60.8 Å². The van der Waals surface area contributed by atoms with E-state index in [9.17, 15) is 31.9 Å². The standard InChI is InChI=1S/C22H23F2N3O5S/c1-27-19(13-3-6-15(28)7-4-13)9-16(18-8-5-14(10-25-18)21(23)24)17(22(27)30)11-26-20(29)12-33(2,31)32/h3-8,10,19,21,28H,9,11-12H2,1-2H3,(H,26,29)/t19-/m1/s1. The second-order valence-electron chi connectivity index (χ2n) is 7.81. The lowest BCUT2D eigenvalue weighted by molar-refractivity contribution is -0.128. The number of alkyl halides is 2. The number of nitrogens with zero attached hydrogens (tertiary/aromatic N) is 2. The van der Waals surface area contributed by atoms with Gasteiger partial charge in [0.2, 0.25) is 5.91 Å². The van der Waals surface area contributed by atoms with Crippen LogP contribution in [0, 0.1) is 0 Å². The molecule has 0 fully saturated rings. The number of sulfone groups is 1. The minimum absolute atomic E-state index is 0.0674. The lowest BCUT2D eigenvalue weighted by Gasteiger charge is -2.36. The van der Waals surface area contributed by atoms with Crippen LogP contribution in [0.4, 0.5) is 8.78 Å². The fourth-order valence-corrected chi connectivity index (χ4v) is 4.18. The average Bonchev–Trinajstić information content (AvgIpc) is 2.74. The number of hydrogen-bond donors (Lipinski definition) is 2. The van der Waals surface area contributed by atoms with Crippen LogP contribution in [0.2, 0.25) is 0 Å². The third kappa shape index (κ3) is 5.92. The summed E-state index contributed by atoms with van der Waals surface area (Å²) in [6, 6.07) is 8.52. The maximum atomic E-state index is 13.2. The van der Waals surface area contributed by atoms with Gasteiger partial charge in [-0.05, 0) is 41.8 Å². The number of benzene rings is 1. The van der Waals surface area contributed by atoms with E-state index in [0.29, 0.717) is 11.3 Å². The predicted octanol–water partition coefficient (Wildman–Crippen LogP) is 2.24. The Labute approximate surface area is 189 Å². The molecule has 0 radical (unpaired) electrons. The molecule has 2 amide bonds. The number of hydrogen-bond acceptors (Lipinski definition) is 6. The first-order valence-electron chi connectivity index (χ1n) is 9.93. The number of aromatic nitrogens is 1. The van der Waals surface area contributed by atoms with Crippen molar-refractivity contribution in [3.63, 3.8) is 0 Å². The Bertz CT molecular complexity index is 1180. The Balaban J connectivity index is 2.00. The third-order valence-electron chi connectivity index (χ3n) is 5.29. The van der Waals surface area contributed by atoms with E-state index in [1.165, 1.54) is 29.2 Å². The Morgan fingerprint density at radius 2 is 1.91 bits per heavy atom. The van der Waals surface area contributed by atoms with E-state index >= 15 is 0 Å². The molecule has 33 heavy (non-hydrogen) atoms. The molecule has 1 aromatic heterocycles. The normalized spacial score (nSPS) is 16.9. The van der Waals surface area contributed by atoms with Crippen molar-refractivity contribution in [3.05, 3.63) is 65.0 Å². The maximum Gasteiger partial charge on any atom is 0.265 e. The zero-order valence-electron chi connectivity index (χ0n) is 18.0. The second-order valence-corrected chi connectivity index (χ2v) is 9.95. The van der Waals surface area contributed by atoms with Crippen LogP contribution >= 0.6 is 0 Å². The number of amides is 2. The molecule has 0 unspecified atom stereocenters. The van der Waals surface area contributed by atoms with Gasteiger partial charge >= 0.3 is 0 Å². The SMILES string of the molecule is CN1C(=O)C(CNC(=O)CS(C)(=O)=O)=C(c2ccc(C(F)F)cn2)C[C@@H]1c1ccc(O)cc1. The van der Waals surface area contributed by atoms with Gasteiger partial charge in [0.25, 0.3) is 12.3 Å². The topological polar surface area (TPSA) is 117 Å². The molecular formula is C22H23F2N3O5S. The fourth-order valence-electron chi connectivity index (χ4n) is 3.61. The molecule has 1 aromatic carbocycles. The number of likely N-dealkylation sites (N-methyl/N-ethyl adjacent to an activating group) is 1. The van der Waals surface area contributed by atoms with Crippen molar-refractivity contribution in [2.75, 3.05) is 25.6 Å². The van der Waals surface area contributed by atoms with Crippen LogP contribution in [0.1, 0.15) is 35.7 Å². The number of phenols is 1. The van der Waals surface area contributed by atoms with Gasteiger partial charge in [0.05, 0.1) is 11.7 Å². The molecule has 2 N–H and O–H groups in total. The molecule has 8 nitrogen and oxygen atoms in total. The van der Waals surface area contributed by atoms with Crippen LogP contribution in [-0.2, 0) is 19.4 Å². The summed E-state index contributed by atoms with van der Waals surface area (Å²) in [6.45, 7) is -0.243. The molecule has 0 aliphatic carbocycles. The van der Waals surface area contributed by atoms with Gasteiger partial charge in [-0.2, -0.15) is 0 Å². The van der Waals surface area contributed by atoms with Crippen LogP contribution < -0.4 is 5.32 Å². The lowest BCUT2D eigenvalue weighted by atomic mass is 9.87. The van der Waals surface area contributed by atoms with Crippen LogP contribution in [0.5, 0.6) is 5.75 Å². The van der Waals surface area contributed by atoms with E-state index in [-0.39, 0.29) is 29.9 Å². The molecule has 11 heteroatoms. The zero-order chi connectivity index (χ0) is 24.3. The monoisotopic (exact) mass is 479 g/mol. The summed E-state index contributed by atoms with van der Waals surface area (Å²) in [4.78, 5) is 30.8. The number of carbonyl (C=O) groups is 2. The summed E-state index contributed by atoms with van der Waals surface area (Å²) in [5.41, 5.74) is 1.42. The number of carbonyl (C=O) groups excluding carboxylic acids is 2. The summed E-state index contributed by atoms with van der Waals surface area (Å²) in [5, 5.41) is 12.0. The molecule has 176 valence electrons. The molecule has 2 heterocycles. The lowest BCUT2D eigenvalue weighted by Crippen LogP contribution is -2.41. The van der Waals surface area contributed by atoms with Crippen molar-refractivity contribution in [1.82, 2.24) is 15.2 Å². The van der Waals surface area contributed by atoms with Crippen molar-refractivity contribution in [3.8, 4) is 5.75 Å². The van der Waals surface area contributed by atoms with Gasteiger partial charge in [0, 0.05) is 37.2 Å². The highest BCUT2D eigenvalue weighted by atomic mass is 32.2. The number of aromatic hydroxyl groups is 1. The summed E-state index contributed by atoms with van der Waals surface area (Å²) < 4.78 is 48.7. The molecule has 1 atom stereocenters. The first kappa shape index (κ1) is 24.3. The summed E-state index contributed by atoms with van der Waals surface area (Å²) in [7, 11) is -1.97. The highest BCUT2D eigenvalue weighted by Crippen LogP contribution is 2.38. The van der Waals surface area contributed by atoms with Gasteiger partial charge in [0.15, 0.2) is 9.84 Å². The minimum Gasteiger partial charge on any atom is -0.508 e. The van der Waals surface area contributed by atoms with Gasteiger partial charge in [-0.1, -0.05) is 12.1 Å². The van der Waals surface area contributed by atoms with Gasteiger partial charge in [0.1, 0.15) is 11.5 Å². The molecular weight excluding hydrogens is 456 g/mol. The molecule has 0 saturated carbocycles. The van der Waals surface area contributed by atoms with Gasteiger partial charge in [-0.3, -0.25) is 14.6 Å². The zero-order valence-corrected chi connectivity index (χ0v) is 18.8. The maximum absolute atomic E-state index is 13.2. The van der Waals surface area contributed by atoms with E-state index < -0.39 is 39.9 Å². The minimum atomic E-state index is -3.55. The van der Waals surface area contributed by atoms with E-state index in [1.807, 2.05) is 0 Å². The van der Waals surface area contributed by atoms with Crippen LogP contribution in [0.25, 0.3) is 5.57 Å². The summed E-state index contributed by atoms with van der Waals surface area (Å²) in [6.07, 6.45) is -0.469. The molecule has 3 rings (SSSR count). The molecule has 1 aliphatic heterocycles. The van der Waals surface area contributed by atoms with Gasteiger partial charge < -0.3 is 15.3 Å². The molecule has 0 spiro atoms. The molecule has 2 aromatic rings. The molecule has 1 aliphatic rings. The number of halogens is 2. The average molecular weight is 480 g/mol. The van der Waals surface area contributed by atoms with Crippen molar-refractivity contribution in [2.45, 2.75) is 18.9 Å². The van der Waals surface area contributed by atoms with Gasteiger partial charge in [-0.15, -0.1) is 0 Å². The third-order valence-corrected chi connectivity index (χ3v) is 6.08. The predicted molar refractivity (Wildman–Crippen MR) is 117 cm³/mol. The van der Waals surface area contributed by atoms with Crippen LogP contribution in [0.15, 0.2) is 48.2 Å². The Morgan fingerprint density at radius 3 is 2.45 bits per heavy atom. The van der Waals surface area contributed by atoms with E-state index in [2.05, 4.69) is 10.3 Å². The number of pyridine rings is 1. The Kier molecular flexibility index (Phi) is 7.11. The number of phenolic OH excluding ortho intramolecular Hbond substituents is 1. The van der Waals surface area contributed by atoms with Crippen molar-refractivity contribution >= 4 is 27.2 Å². The first-order chi connectivity index (χ1) is 15.5. The van der Waals surface area contributed by atoms with E-state index in [1.54, 1.807) is 19.2 Å². The number of nitrogens with one attached hydrogen (secondary N) is 1. The Hall–Kier alpha value is -3.34. The highest BCUT2D eigenvalue weighted by Gasteiger charge is 2.34. The Morgan fingerprint density at radius 1 is 1.24 bits per heavy atom. The van der Waals surface area contributed by atoms with E-state index in [4.69, 9.17) is 0 Å². The summed E-state index contributed by atoms with van der Waals surface area (Å²) in [5.74, 6) is -1.84. The largest absolute Gasteiger partial charge is 0.508 e. The van der Waals surface area contributed by atoms with Crippen molar-refractivity contribution in [1.29, 1.82) is 0 Å². The quantitative estimate of drug-likeness (QED) is 0.629. The van der Waals surface area contributed by atoms with E-state index in [0.717, 1.165) is 18.0 Å². The van der Waals surface area contributed by atoms with Crippen LogP contribution in [0.3, 0.4) is 0 Å². The van der Waals surface area contributed by atoms with Crippen molar-refractivity contribution in [2.24, 2.45) is 0 Å². The molecule has 0 bridgehead atoms. The smallest absolute Gasteiger partial charge is 0.265 e. The van der Waals surface area contributed by atoms with Crippen molar-refractivity contribution < 1.29 is 31.9 Å². The summed E-state index contributed by atoms with van der Waals surface area (Å²) >= 11 is 0. The fraction of sp³-hybridized carbons (Fsp3) is 0.318. The number of rotatable bonds is 7. The van der Waals surface area contributed by atoms with Gasteiger partial charge in [-0.25, -0.2) is 17.2 Å². The first-order valence-corrected chi connectivity index (χ1v) is 12.0.